The van der Waals surface area contributed by atoms with Crippen LogP contribution in [0.15, 0.2) is 42.5 Å². The van der Waals surface area contributed by atoms with Gasteiger partial charge in [-0.05, 0) is 69.2 Å². The zero-order valence-electron chi connectivity index (χ0n) is 14.3. The molecule has 0 spiro atoms. The quantitative estimate of drug-likeness (QED) is 0.843. The van der Waals surface area contributed by atoms with Crippen molar-refractivity contribution in [1.82, 2.24) is 0 Å². The van der Waals surface area contributed by atoms with Crippen LogP contribution in [0.2, 0.25) is 0 Å². The average Bonchev–Trinajstić information content (AvgIpc) is 2.53. The Balaban J connectivity index is 1.98. The molecule has 0 radical (unpaired) electrons. The Morgan fingerprint density at radius 2 is 1.54 bits per heavy atom. The van der Waals surface area contributed by atoms with Gasteiger partial charge in [0, 0.05) is 11.4 Å². The van der Waals surface area contributed by atoms with Crippen molar-refractivity contribution < 1.29 is 14.3 Å². The number of hydrogen-bond donors (Lipinski definition) is 2. The van der Waals surface area contributed by atoms with E-state index >= 15 is 0 Å². The molecule has 2 N–H and O–H groups in total. The molecule has 0 aliphatic rings. The number of aryl methyl sites for hydroxylation is 1. The van der Waals surface area contributed by atoms with E-state index in [1.807, 2.05) is 39.8 Å². The van der Waals surface area contributed by atoms with Crippen LogP contribution in [0.4, 0.5) is 11.4 Å². The fourth-order valence-electron chi connectivity index (χ4n) is 2.14. The lowest BCUT2D eigenvalue weighted by atomic mass is 10.1. The smallest absolute Gasteiger partial charge is 0.314 e. The van der Waals surface area contributed by atoms with Gasteiger partial charge in [-0.25, -0.2) is 0 Å². The number of benzene rings is 2. The van der Waals surface area contributed by atoms with Gasteiger partial charge in [0.1, 0.15) is 5.75 Å². The number of ether oxygens (including phenoxy) is 1. The van der Waals surface area contributed by atoms with E-state index < -0.39 is 11.8 Å². The van der Waals surface area contributed by atoms with Gasteiger partial charge in [-0.1, -0.05) is 12.1 Å². The molecule has 2 rings (SSSR count). The van der Waals surface area contributed by atoms with Gasteiger partial charge in [-0.3, -0.25) is 9.59 Å². The Bertz CT molecular complexity index is 737. The molecule has 0 atom stereocenters. The van der Waals surface area contributed by atoms with E-state index in [2.05, 4.69) is 10.6 Å². The maximum atomic E-state index is 12.0. The van der Waals surface area contributed by atoms with Crippen molar-refractivity contribution in [2.24, 2.45) is 0 Å². The molecule has 0 unspecified atom stereocenters. The molecule has 0 saturated carbocycles. The van der Waals surface area contributed by atoms with Gasteiger partial charge < -0.3 is 15.4 Å². The van der Waals surface area contributed by atoms with E-state index in [1.54, 1.807) is 30.3 Å². The summed E-state index contributed by atoms with van der Waals surface area (Å²) in [6.45, 7) is 7.72. The second kappa shape index (κ2) is 7.64. The van der Waals surface area contributed by atoms with Gasteiger partial charge in [-0.2, -0.15) is 0 Å². The van der Waals surface area contributed by atoms with Crippen molar-refractivity contribution in [1.29, 1.82) is 0 Å². The third-order valence-electron chi connectivity index (χ3n) is 3.54. The summed E-state index contributed by atoms with van der Waals surface area (Å²) in [6.07, 6.45) is 0.0776. The first-order chi connectivity index (χ1) is 11.4. The first-order valence-corrected chi connectivity index (χ1v) is 7.82. The Kier molecular flexibility index (Phi) is 5.58. The molecule has 5 nitrogen and oxygen atoms in total. The molecule has 2 amide bonds. The van der Waals surface area contributed by atoms with Crippen LogP contribution in [-0.2, 0) is 9.59 Å². The average molecular weight is 326 g/mol. The van der Waals surface area contributed by atoms with Gasteiger partial charge in [0.25, 0.3) is 0 Å². The SMILES string of the molecule is Cc1cccc(NC(=O)C(=O)Nc2ccc(OC(C)C)cc2)c1C. The van der Waals surface area contributed by atoms with E-state index in [0.717, 1.165) is 11.1 Å². The number of anilines is 2. The van der Waals surface area contributed by atoms with Crippen LogP contribution in [0.3, 0.4) is 0 Å². The van der Waals surface area contributed by atoms with Gasteiger partial charge >= 0.3 is 11.8 Å². The van der Waals surface area contributed by atoms with Crippen LogP contribution in [-0.4, -0.2) is 17.9 Å². The standard InChI is InChI=1S/C19H22N2O3/c1-12(2)24-16-10-8-15(9-11-16)20-18(22)19(23)21-17-7-5-6-13(3)14(17)4/h5-12H,1-4H3,(H,20,22)(H,21,23). The van der Waals surface area contributed by atoms with Crippen molar-refractivity contribution in [3.05, 3.63) is 53.6 Å². The number of rotatable bonds is 4. The topological polar surface area (TPSA) is 67.4 Å². The molecule has 126 valence electrons. The second-order valence-corrected chi connectivity index (χ2v) is 5.85. The molecule has 0 aliphatic heterocycles. The van der Waals surface area contributed by atoms with Crippen molar-refractivity contribution >= 4 is 23.2 Å². The molecule has 0 bridgehead atoms. The summed E-state index contributed by atoms with van der Waals surface area (Å²) in [6, 6.07) is 12.4. The molecule has 24 heavy (non-hydrogen) atoms. The molecule has 2 aromatic carbocycles. The van der Waals surface area contributed by atoms with Gasteiger partial charge in [-0.15, -0.1) is 0 Å². The van der Waals surface area contributed by atoms with Crippen LogP contribution in [0.1, 0.15) is 25.0 Å². The first-order valence-electron chi connectivity index (χ1n) is 7.82. The summed E-state index contributed by atoms with van der Waals surface area (Å²) in [5, 5.41) is 5.20. The van der Waals surface area contributed by atoms with E-state index in [0.29, 0.717) is 17.1 Å². The van der Waals surface area contributed by atoms with Gasteiger partial charge in [0.15, 0.2) is 0 Å². The summed E-state index contributed by atoms with van der Waals surface area (Å²) in [5.74, 6) is -0.706. The molecule has 5 heteroatoms. The van der Waals surface area contributed by atoms with Crippen molar-refractivity contribution in [3.63, 3.8) is 0 Å². The number of hydrogen-bond acceptors (Lipinski definition) is 3. The largest absolute Gasteiger partial charge is 0.491 e. The molecule has 0 fully saturated rings. The zero-order valence-corrected chi connectivity index (χ0v) is 14.3. The third-order valence-corrected chi connectivity index (χ3v) is 3.54. The van der Waals surface area contributed by atoms with Crippen molar-refractivity contribution in [2.45, 2.75) is 33.8 Å². The summed E-state index contributed by atoms with van der Waals surface area (Å²) in [4.78, 5) is 24.1. The normalized spacial score (nSPS) is 10.4. The lowest BCUT2D eigenvalue weighted by Gasteiger charge is -2.12. The van der Waals surface area contributed by atoms with E-state index in [-0.39, 0.29) is 6.10 Å². The lowest BCUT2D eigenvalue weighted by molar-refractivity contribution is -0.133. The number of carbonyl (C=O) groups is 2. The zero-order chi connectivity index (χ0) is 17.7. The van der Waals surface area contributed by atoms with Crippen LogP contribution >= 0.6 is 0 Å². The maximum absolute atomic E-state index is 12.0. The molecule has 0 aromatic heterocycles. The minimum absolute atomic E-state index is 0.0776. The molecule has 0 aliphatic carbocycles. The summed E-state index contributed by atoms with van der Waals surface area (Å²) in [7, 11) is 0. The fourth-order valence-corrected chi connectivity index (χ4v) is 2.14. The van der Waals surface area contributed by atoms with Crippen molar-refractivity contribution in [2.75, 3.05) is 10.6 Å². The van der Waals surface area contributed by atoms with Gasteiger partial charge in [0.05, 0.1) is 6.10 Å². The molecule has 2 aromatic rings. The van der Waals surface area contributed by atoms with E-state index in [4.69, 9.17) is 4.74 Å². The van der Waals surface area contributed by atoms with Crippen LogP contribution in [0.25, 0.3) is 0 Å². The number of carbonyl (C=O) groups excluding carboxylic acids is 2. The maximum Gasteiger partial charge on any atom is 0.314 e. The monoisotopic (exact) mass is 326 g/mol. The fraction of sp³-hybridized carbons (Fsp3) is 0.263. The van der Waals surface area contributed by atoms with Crippen LogP contribution < -0.4 is 15.4 Å². The molecule has 0 heterocycles. The minimum atomic E-state index is -0.714. The second-order valence-electron chi connectivity index (χ2n) is 5.85. The van der Waals surface area contributed by atoms with E-state index in [1.165, 1.54) is 0 Å². The molecule has 0 saturated heterocycles. The highest BCUT2D eigenvalue weighted by atomic mass is 16.5. The minimum Gasteiger partial charge on any atom is -0.491 e. The predicted octanol–water partition coefficient (Wildman–Crippen LogP) is 3.67. The first kappa shape index (κ1) is 17.5. The number of amides is 2. The van der Waals surface area contributed by atoms with Crippen LogP contribution in [0.5, 0.6) is 5.75 Å². The highest BCUT2D eigenvalue weighted by Crippen LogP contribution is 2.19. The van der Waals surface area contributed by atoms with Crippen molar-refractivity contribution in [3.8, 4) is 5.75 Å². The Labute approximate surface area is 142 Å². The Morgan fingerprint density at radius 1 is 0.917 bits per heavy atom. The highest BCUT2D eigenvalue weighted by Gasteiger charge is 2.15. The highest BCUT2D eigenvalue weighted by molar-refractivity contribution is 6.43. The van der Waals surface area contributed by atoms with Gasteiger partial charge in [0.2, 0.25) is 0 Å². The molecular formula is C19H22N2O3. The van der Waals surface area contributed by atoms with Crippen LogP contribution in [0, 0.1) is 13.8 Å². The Morgan fingerprint density at radius 3 is 2.17 bits per heavy atom. The summed E-state index contributed by atoms with van der Waals surface area (Å²) >= 11 is 0. The van der Waals surface area contributed by atoms with E-state index in [9.17, 15) is 9.59 Å². The Hall–Kier alpha value is -2.82. The lowest BCUT2D eigenvalue weighted by Crippen LogP contribution is -2.29. The number of nitrogens with one attached hydrogen (secondary N) is 2. The third kappa shape index (κ3) is 4.59. The predicted molar refractivity (Wildman–Crippen MR) is 95.4 cm³/mol. The summed E-state index contributed by atoms with van der Waals surface area (Å²) in [5.41, 5.74) is 3.16. The molecular weight excluding hydrogens is 304 g/mol. The summed E-state index contributed by atoms with van der Waals surface area (Å²) < 4.78 is 5.53.